The van der Waals surface area contributed by atoms with Crippen LogP contribution in [0, 0.1) is 11.6 Å². The molecule has 2 rings (SSSR count). The maximum Gasteiger partial charge on any atom is 0.338 e. The van der Waals surface area contributed by atoms with Gasteiger partial charge in [0, 0.05) is 31.5 Å². The van der Waals surface area contributed by atoms with Gasteiger partial charge in [0.1, 0.15) is 18.2 Å². The number of amides is 2. The minimum Gasteiger partial charge on any atom is -0.460 e. The van der Waals surface area contributed by atoms with Crippen LogP contribution in [0.25, 0.3) is 0 Å². The van der Waals surface area contributed by atoms with Crippen LogP contribution in [0.2, 0.25) is 0 Å². The minimum atomic E-state index is -1.07. The molecule has 1 aliphatic rings. The van der Waals surface area contributed by atoms with E-state index in [4.69, 9.17) is 9.47 Å². The van der Waals surface area contributed by atoms with Gasteiger partial charge in [-0.2, -0.15) is 0 Å². The molecule has 130 valence electrons. The molecule has 1 aromatic carbocycles. The highest BCUT2D eigenvalue weighted by Crippen LogP contribution is 2.32. The second kappa shape index (κ2) is 7.39. The summed E-state index contributed by atoms with van der Waals surface area (Å²) in [7, 11) is 2.94. The Labute approximate surface area is 138 Å². The quantitative estimate of drug-likeness (QED) is 0.659. The van der Waals surface area contributed by atoms with E-state index in [2.05, 4.69) is 5.32 Å². The van der Waals surface area contributed by atoms with Crippen molar-refractivity contribution in [2.75, 3.05) is 27.4 Å². The van der Waals surface area contributed by atoms with Crippen molar-refractivity contribution in [1.82, 2.24) is 10.2 Å². The number of benzene rings is 1. The molecule has 0 saturated heterocycles. The number of hydrogen-bond donors (Lipinski definition) is 1. The van der Waals surface area contributed by atoms with Crippen molar-refractivity contribution < 1.29 is 27.8 Å². The molecule has 1 atom stereocenters. The van der Waals surface area contributed by atoms with Crippen molar-refractivity contribution >= 4 is 12.0 Å². The lowest BCUT2D eigenvalue weighted by atomic mass is 9.94. The predicted octanol–water partition coefficient (Wildman–Crippen LogP) is 2.12. The zero-order valence-electron chi connectivity index (χ0n) is 13.6. The third-order valence-corrected chi connectivity index (χ3v) is 3.77. The lowest BCUT2D eigenvalue weighted by molar-refractivity contribution is -0.140. The molecule has 8 heteroatoms. The zero-order chi connectivity index (χ0) is 17.9. The summed E-state index contributed by atoms with van der Waals surface area (Å²) in [5, 5.41) is 2.53. The van der Waals surface area contributed by atoms with Crippen LogP contribution < -0.4 is 5.32 Å². The molecule has 0 aromatic heterocycles. The van der Waals surface area contributed by atoms with Gasteiger partial charge in [-0.1, -0.05) is 6.07 Å². The molecule has 0 unspecified atom stereocenters. The lowest BCUT2D eigenvalue weighted by Gasteiger charge is -2.33. The van der Waals surface area contributed by atoms with Gasteiger partial charge in [-0.05, 0) is 13.0 Å². The van der Waals surface area contributed by atoms with E-state index in [0.717, 1.165) is 6.07 Å². The Hall–Kier alpha value is -2.48. The summed E-state index contributed by atoms with van der Waals surface area (Å²) in [4.78, 5) is 25.6. The number of nitrogens with zero attached hydrogens (tertiary/aromatic N) is 1. The molecule has 6 nitrogen and oxygen atoms in total. The van der Waals surface area contributed by atoms with Crippen LogP contribution in [0.5, 0.6) is 0 Å². The Bertz CT molecular complexity index is 691. The molecule has 2 amide bonds. The number of carbonyl (C=O) groups excluding carboxylic acids is 2. The summed E-state index contributed by atoms with van der Waals surface area (Å²) < 4.78 is 37.2. The Kier molecular flexibility index (Phi) is 5.50. The van der Waals surface area contributed by atoms with Crippen LogP contribution in [0.4, 0.5) is 13.6 Å². The fourth-order valence-electron chi connectivity index (χ4n) is 2.36. The number of allylic oxidation sites excluding steroid dienone is 1. The molecule has 0 radical (unpaired) electrons. The van der Waals surface area contributed by atoms with E-state index in [1.165, 1.54) is 25.1 Å². The zero-order valence-corrected chi connectivity index (χ0v) is 13.6. The summed E-state index contributed by atoms with van der Waals surface area (Å²) >= 11 is 0. The molecule has 1 aromatic rings. The van der Waals surface area contributed by atoms with Crippen LogP contribution in [0.3, 0.4) is 0 Å². The lowest BCUT2D eigenvalue weighted by Crippen LogP contribution is -2.46. The van der Waals surface area contributed by atoms with E-state index in [1.807, 2.05) is 0 Å². The first-order valence-electron chi connectivity index (χ1n) is 7.22. The average molecular weight is 340 g/mol. The number of rotatable bonds is 5. The van der Waals surface area contributed by atoms with Gasteiger partial charge in [-0.25, -0.2) is 18.4 Å². The largest absolute Gasteiger partial charge is 0.460 e. The van der Waals surface area contributed by atoms with Crippen molar-refractivity contribution in [3.63, 3.8) is 0 Å². The van der Waals surface area contributed by atoms with E-state index >= 15 is 0 Å². The summed E-state index contributed by atoms with van der Waals surface area (Å²) in [6, 6.07) is 1.38. The first-order valence-corrected chi connectivity index (χ1v) is 7.22. The average Bonchev–Trinajstić information content (AvgIpc) is 2.52. The number of urea groups is 1. The topological polar surface area (TPSA) is 67.9 Å². The van der Waals surface area contributed by atoms with E-state index in [0.29, 0.717) is 11.8 Å². The highest BCUT2D eigenvalue weighted by Gasteiger charge is 2.36. The minimum absolute atomic E-state index is 0.0163. The predicted molar refractivity (Wildman–Crippen MR) is 80.9 cm³/mol. The maximum atomic E-state index is 14.1. The SMILES string of the molecule is COCCOC(=O)C1=C(C)N(C)C(=O)N[C@H]1c1ccc(F)cc1F. The van der Waals surface area contributed by atoms with Crippen LogP contribution >= 0.6 is 0 Å². The molecular formula is C16H18F2N2O4. The number of hydrogen-bond acceptors (Lipinski definition) is 4. The number of ether oxygens (including phenoxy) is 2. The smallest absolute Gasteiger partial charge is 0.338 e. The van der Waals surface area contributed by atoms with E-state index in [9.17, 15) is 18.4 Å². The molecule has 0 saturated carbocycles. The van der Waals surface area contributed by atoms with Gasteiger partial charge in [0.2, 0.25) is 0 Å². The van der Waals surface area contributed by atoms with Gasteiger partial charge in [0.15, 0.2) is 0 Å². The van der Waals surface area contributed by atoms with Crippen molar-refractivity contribution in [2.24, 2.45) is 0 Å². The standard InChI is InChI=1S/C16H18F2N2O4/c1-9-13(15(21)24-7-6-23-3)14(19-16(22)20(9)2)11-5-4-10(17)8-12(11)18/h4-5,8,14H,6-7H2,1-3H3,(H,19,22)/t14-/m0/s1. The number of methoxy groups -OCH3 is 1. The van der Waals surface area contributed by atoms with E-state index in [-0.39, 0.29) is 24.4 Å². The second-order valence-corrected chi connectivity index (χ2v) is 5.24. The highest BCUT2D eigenvalue weighted by molar-refractivity contribution is 5.95. The van der Waals surface area contributed by atoms with Crippen LogP contribution in [0.15, 0.2) is 29.5 Å². The third kappa shape index (κ3) is 3.53. The summed E-state index contributed by atoms with van der Waals surface area (Å²) in [6.07, 6.45) is 0. The molecule has 1 N–H and O–H groups in total. The number of nitrogens with one attached hydrogen (secondary N) is 1. The Balaban J connectivity index is 2.43. The molecular weight excluding hydrogens is 322 g/mol. The fraction of sp³-hybridized carbons (Fsp3) is 0.375. The fourth-order valence-corrected chi connectivity index (χ4v) is 2.36. The van der Waals surface area contributed by atoms with Gasteiger partial charge in [0.05, 0.1) is 18.2 Å². The van der Waals surface area contributed by atoms with Gasteiger partial charge in [-0.3, -0.25) is 0 Å². The Morgan fingerprint density at radius 2 is 2.04 bits per heavy atom. The first kappa shape index (κ1) is 17.9. The second-order valence-electron chi connectivity index (χ2n) is 5.24. The molecule has 0 aliphatic carbocycles. The van der Waals surface area contributed by atoms with Gasteiger partial charge in [0.25, 0.3) is 0 Å². The molecule has 1 aliphatic heterocycles. The third-order valence-electron chi connectivity index (χ3n) is 3.77. The number of carbonyl (C=O) groups is 2. The van der Waals surface area contributed by atoms with Gasteiger partial charge in [-0.15, -0.1) is 0 Å². The van der Waals surface area contributed by atoms with Gasteiger partial charge >= 0.3 is 12.0 Å². The van der Waals surface area contributed by atoms with Crippen molar-refractivity contribution in [3.05, 3.63) is 46.7 Å². The van der Waals surface area contributed by atoms with E-state index in [1.54, 1.807) is 6.92 Å². The van der Waals surface area contributed by atoms with E-state index < -0.39 is 29.7 Å². The van der Waals surface area contributed by atoms with Crippen LogP contribution in [0.1, 0.15) is 18.5 Å². The van der Waals surface area contributed by atoms with Crippen molar-refractivity contribution in [3.8, 4) is 0 Å². The maximum absolute atomic E-state index is 14.1. The number of halogens is 2. The van der Waals surface area contributed by atoms with Crippen molar-refractivity contribution in [1.29, 1.82) is 0 Å². The molecule has 1 heterocycles. The summed E-state index contributed by atoms with van der Waals surface area (Å²) in [6.45, 7) is 1.78. The normalized spacial score (nSPS) is 17.8. The van der Waals surface area contributed by atoms with Crippen molar-refractivity contribution in [2.45, 2.75) is 13.0 Å². The highest BCUT2D eigenvalue weighted by atomic mass is 19.1. The molecule has 0 fully saturated rings. The monoisotopic (exact) mass is 340 g/mol. The van der Waals surface area contributed by atoms with Crippen LogP contribution in [-0.2, 0) is 14.3 Å². The molecule has 24 heavy (non-hydrogen) atoms. The number of esters is 1. The van der Waals surface area contributed by atoms with Crippen LogP contribution in [-0.4, -0.2) is 44.3 Å². The molecule has 0 spiro atoms. The molecule has 0 bridgehead atoms. The Morgan fingerprint density at radius 3 is 2.67 bits per heavy atom. The Morgan fingerprint density at radius 1 is 1.33 bits per heavy atom. The van der Waals surface area contributed by atoms with Gasteiger partial charge < -0.3 is 19.7 Å². The first-order chi connectivity index (χ1) is 11.4. The summed E-state index contributed by atoms with van der Waals surface area (Å²) in [5.74, 6) is -2.31. The summed E-state index contributed by atoms with van der Waals surface area (Å²) in [5.41, 5.74) is 0.393.